The van der Waals surface area contributed by atoms with Crippen molar-refractivity contribution in [2.75, 3.05) is 11.9 Å². The molecule has 1 atom stereocenters. The van der Waals surface area contributed by atoms with E-state index in [0.717, 1.165) is 23.4 Å². The summed E-state index contributed by atoms with van der Waals surface area (Å²) in [6, 6.07) is 18.3. The van der Waals surface area contributed by atoms with E-state index in [1.54, 1.807) is 0 Å². The summed E-state index contributed by atoms with van der Waals surface area (Å²) in [5.41, 5.74) is 3.25. The maximum absolute atomic E-state index is 9.76. The van der Waals surface area contributed by atoms with E-state index >= 15 is 0 Å². The van der Waals surface area contributed by atoms with Gasteiger partial charge in [-0.3, -0.25) is 0 Å². The van der Waals surface area contributed by atoms with Gasteiger partial charge < -0.3 is 10.0 Å². The van der Waals surface area contributed by atoms with Crippen LogP contribution in [0.5, 0.6) is 0 Å². The number of hydrogen-bond acceptors (Lipinski definition) is 2. The summed E-state index contributed by atoms with van der Waals surface area (Å²) in [7, 11) is 2.04. The topological polar surface area (TPSA) is 23.5 Å². The Morgan fingerprint density at radius 1 is 0.944 bits per heavy atom. The van der Waals surface area contributed by atoms with Crippen molar-refractivity contribution in [3.63, 3.8) is 0 Å². The molecule has 0 saturated carbocycles. The number of aliphatic hydroxyl groups is 1. The summed E-state index contributed by atoms with van der Waals surface area (Å²) in [5.74, 6) is 0. The summed E-state index contributed by atoms with van der Waals surface area (Å²) in [6.07, 6.45) is 0.384. The van der Waals surface area contributed by atoms with Crippen molar-refractivity contribution in [3.8, 4) is 0 Å². The molecule has 18 heavy (non-hydrogen) atoms. The smallest absolute Gasteiger partial charge is 0.0787 e. The third-order valence-electron chi connectivity index (χ3n) is 3.20. The quantitative estimate of drug-likeness (QED) is 0.877. The van der Waals surface area contributed by atoms with Crippen LogP contribution in [0, 0.1) is 0 Å². The molecular formula is C16H19NO. The molecule has 0 saturated heterocycles. The van der Waals surface area contributed by atoms with Gasteiger partial charge in [-0.25, -0.2) is 0 Å². The Hall–Kier alpha value is -1.80. The van der Waals surface area contributed by atoms with Crippen LogP contribution in [0.3, 0.4) is 0 Å². The first-order valence-corrected chi connectivity index (χ1v) is 6.29. The zero-order chi connectivity index (χ0) is 13.0. The first kappa shape index (κ1) is 12.7. The summed E-state index contributed by atoms with van der Waals surface area (Å²) < 4.78 is 0. The molecule has 0 aromatic heterocycles. The molecule has 0 heterocycles. The largest absolute Gasteiger partial charge is 0.388 e. The molecule has 0 radical (unpaired) electrons. The number of anilines is 2. The zero-order valence-electron chi connectivity index (χ0n) is 10.9. The van der Waals surface area contributed by atoms with Gasteiger partial charge in [-0.2, -0.15) is 0 Å². The SMILES string of the molecule is CC[C@H](O)c1ccc(N(C)c2ccccc2)cc1. The van der Waals surface area contributed by atoms with E-state index in [0.29, 0.717) is 0 Å². The van der Waals surface area contributed by atoms with Gasteiger partial charge in [-0.1, -0.05) is 37.3 Å². The van der Waals surface area contributed by atoms with Crippen molar-refractivity contribution in [1.82, 2.24) is 0 Å². The summed E-state index contributed by atoms with van der Waals surface area (Å²) in [6.45, 7) is 1.98. The van der Waals surface area contributed by atoms with Crippen molar-refractivity contribution in [2.24, 2.45) is 0 Å². The fraction of sp³-hybridized carbons (Fsp3) is 0.250. The third kappa shape index (κ3) is 2.71. The van der Waals surface area contributed by atoms with Crippen LogP contribution in [0.15, 0.2) is 54.6 Å². The third-order valence-corrected chi connectivity index (χ3v) is 3.20. The summed E-state index contributed by atoms with van der Waals surface area (Å²) >= 11 is 0. The molecule has 1 N–H and O–H groups in total. The Morgan fingerprint density at radius 3 is 2.06 bits per heavy atom. The van der Waals surface area contributed by atoms with Crippen molar-refractivity contribution >= 4 is 11.4 Å². The first-order valence-electron chi connectivity index (χ1n) is 6.29. The minimum absolute atomic E-state index is 0.360. The van der Waals surface area contributed by atoms with Crippen LogP contribution in [0.4, 0.5) is 11.4 Å². The molecule has 0 aliphatic carbocycles. The van der Waals surface area contributed by atoms with Crippen LogP contribution in [0.2, 0.25) is 0 Å². The Balaban J connectivity index is 2.19. The maximum Gasteiger partial charge on any atom is 0.0787 e. The first-order chi connectivity index (χ1) is 8.72. The van der Waals surface area contributed by atoms with Gasteiger partial charge >= 0.3 is 0 Å². The number of hydrogen-bond donors (Lipinski definition) is 1. The van der Waals surface area contributed by atoms with E-state index in [-0.39, 0.29) is 6.10 Å². The highest BCUT2D eigenvalue weighted by Gasteiger charge is 2.06. The Labute approximate surface area is 109 Å². The molecule has 0 aliphatic heterocycles. The molecule has 0 amide bonds. The average Bonchev–Trinajstić information content (AvgIpc) is 2.47. The second kappa shape index (κ2) is 5.69. The van der Waals surface area contributed by atoms with Crippen molar-refractivity contribution in [3.05, 3.63) is 60.2 Å². The minimum atomic E-state index is -0.360. The molecule has 2 rings (SSSR count). The number of para-hydroxylation sites is 1. The lowest BCUT2D eigenvalue weighted by Crippen LogP contribution is -2.09. The van der Waals surface area contributed by atoms with Crippen LogP contribution < -0.4 is 4.90 Å². The second-order valence-corrected chi connectivity index (χ2v) is 4.41. The van der Waals surface area contributed by atoms with E-state index in [9.17, 15) is 5.11 Å². The van der Waals surface area contributed by atoms with Crippen LogP contribution in [-0.2, 0) is 0 Å². The lowest BCUT2D eigenvalue weighted by atomic mass is 10.1. The predicted octanol–water partition coefficient (Wildman–Crippen LogP) is 3.90. The van der Waals surface area contributed by atoms with Gasteiger partial charge in [0.2, 0.25) is 0 Å². The van der Waals surface area contributed by atoms with Crippen molar-refractivity contribution < 1.29 is 5.11 Å². The Morgan fingerprint density at radius 2 is 1.50 bits per heavy atom. The van der Waals surface area contributed by atoms with Gasteiger partial charge in [-0.05, 0) is 36.2 Å². The number of benzene rings is 2. The summed E-state index contributed by atoms with van der Waals surface area (Å²) in [4.78, 5) is 2.13. The molecule has 2 aromatic rings. The van der Waals surface area contributed by atoms with E-state index in [4.69, 9.17) is 0 Å². The van der Waals surface area contributed by atoms with Crippen LogP contribution >= 0.6 is 0 Å². The van der Waals surface area contributed by atoms with Gasteiger partial charge in [0.05, 0.1) is 6.10 Å². The van der Waals surface area contributed by atoms with Gasteiger partial charge in [-0.15, -0.1) is 0 Å². The van der Waals surface area contributed by atoms with Crippen molar-refractivity contribution in [2.45, 2.75) is 19.4 Å². The lowest BCUT2D eigenvalue weighted by Gasteiger charge is -2.20. The minimum Gasteiger partial charge on any atom is -0.388 e. The molecule has 0 bridgehead atoms. The monoisotopic (exact) mass is 241 g/mol. The fourth-order valence-electron chi connectivity index (χ4n) is 1.96. The predicted molar refractivity (Wildman–Crippen MR) is 76.2 cm³/mol. The van der Waals surface area contributed by atoms with Gasteiger partial charge in [0.25, 0.3) is 0 Å². The molecule has 2 nitrogen and oxygen atoms in total. The van der Waals surface area contributed by atoms with E-state index < -0.39 is 0 Å². The molecule has 0 spiro atoms. The second-order valence-electron chi connectivity index (χ2n) is 4.41. The molecule has 0 unspecified atom stereocenters. The lowest BCUT2D eigenvalue weighted by molar-refractivity contribution is 0.173. The van der Waals surface area contributed by atoms with Gasteiger partial charge in [0, 0.05) is 18.4 Å². The highest BCUT2D eigenvalue weighted by molar-refractivity contribution is 5.62. The molecule has 0 aliphatic rings. The van der Waals surface area contributed by atoms with Crippen LogP contribution in [-0.4, -0.2) is 12.2 Å². The van der Waals surface area contributed by atoms with Gasteiger partial charge in [0.15, 0.2) is 0 Å². The fourth-order valence-corrected chi connectivity index (χ4v) is 1.96. The Bertz CT molecular complexity index is 478. The number of nitrogens with zero attached hydrogens (tertiary/aromatic N) is 1. The molecule has 94 valence electrons. The molecular weight excluding hydrogens is 222 g/mol. The average molecular weight is 241 g/mol. The maximum atomic E-state index is 9.76. The van der Waals surface area contributed by atoms with Crippen LogP contribution in [0.25, 0.3) is 0 Å². The standard InChI is InChI=1S/C16H19NO/c1-3-16(18)13-9-11-15(12-10-13)17(2)14-7-5-4-6-8-14/h4-12,16,18H,3H2,1-2H3/t16-/m0/s1. The van der Waals surface area contributed by atoms with E-state index in [2.05, 4.69) is 17.0 Å². The van der Waals surface area contributed by atoms with Crippen LogP contribution in [0.1, 0.15) is 25.0 Å². The van der Waals surface area contributed by atoms with E-state index in [1.165, 1.54) is 0 Å². The normalized spacial score (nSPS) is 12.2. The summed E-state index contributed by atoms with van der Waals surface area (Å²) in [5, 5.41) is 9.76. The van der Waals surface area contributed by atoms with Gasteiger partial charge in [0.1, 0.15) is 0 Å². The highest BCUT2D eigenvalue weighted by Crippen LogP contribution is 2.25. The number of aliphatic hydroxyl groups excluding tert-OH is 1. The molecule has 2 heteroatoms. The zero-order valence-corrected chi connectivity index (χ0v) is 10.9. The Kier molecular flexibility index (Phi) is 4.00. The molecule has 2 aromatic carbocycles. The molecule has 0 fully saturated rings. The highest BCUT2D eigenvalue weighted by atomic mass is 16.3. The van der Waals surface area contributed by atoms with Crippen molar-refractivity contribution in [1.29, 1.82) is 0 Å². The van der Waals surface area contributed by atoms with E-state index in [1.807, 2.05) is 56.4 Å². The number of rotatable bonds is 4.